The molecule has 1 aromatic carbocycles. The number of ether oxygens (including phenoxy) is 1. The summed E-state index contributed by atoms with van der Waals surface area (Å²) in [7, 11) is -1.57. The fourth-order valence-corrected chi connectivity index (χ4v) is 3.36. The molecule has 1 rings (SSSR count). The summed E-state index contributed by atoms with van der Waals surface area (Å²) in [5.74, 6) is -0.477. The van der Waals surface area contributed by atoms with Crippen molar-refractivity contribution in [3.05, 3.63) is 28.2 Å². The maximum Gasteiger partial charge on any atom is 0.322 e. The molecule has 2 unspecified atom stereocenters. The smallest absolute Gasteiger partial charge is 0.322 e. The van der Waals surface area contributed by atoms with Gasteiger partial charge in [-0.15, -0.1) is 0 Å². The van der Waals surface area contributed by atoms with Gasteiger partial charge in [0.25, 0.3) is 0 Å². The number of carbonyl (C=O) groups excluding carboxylic acids is 1. The Morgan fingerprint density at radius 2 is 2.06 bits per heavy atom. The highest BCUT2D eigenvalue weighted by atomic mass is 35.5. The van der Waals surface area contributed by atoms with E-state index in [-0.39, 0.29) is 6.61 Å². The van der Waals surface area contributed by atoms with Crippen molar-refractivity contribution >= 4 is 40.0 Å². The van der Waals surface area contributed by atoms with Crippen molar-refractivity contribution in [3.63, 3.8) is 0 Å². The standard InChI is InChI=1S/C12H14Cl2O3S/c1-3-10(12(15)17-4-2)18(16)11-7-8(13)5-6-9(11)14/h5-7,10H,3-4H2,1-2H3. The van der Waals surface area contributed by atoms with Crippen LogP contribution in [0.1, 0.15) is 20.3 Å². The van der Waals surface area contributed by atoms with E-state index in [0.29, 0.717) is 21.4 Å². The first kappa shape index (κ1) is 15.5. The molecule has 6 heteroatoms. The molecule has 18 heavy (non-hydrogen) atoms. The van der Waals surface area contributed by atoms with Crippen LogP contribution >= 0.6 is 23.2 Å². The fourth-order valence-electron chi connectivity index (χ4n) is 1.43. The van der Waals surface area contributed by atoms with E-state index in [0.717, 1.165) is 0 Å². The average molecular weight is 309 g/mol. The second-order valence-electron chi connectivity index (χ2n) is 3.52. The summed E-state index contributed by atoms with van der Waals surface area (Å²) < 4.78 is 17.2. The normalized spacial score (nSPS) is 14.0. The number of hydrogen-bond acceptors (Lipinski definition) is 3. The lowest BCUT2D eigenvalue weighted by Crippen LogP contribution is -2.27. The quantitative estimate of drug-likeness (QED) is 0.783. The highest BCUT2D eigenvalue weighted by Crippen LogP contribution is 2.26. The van der Waals surface area contributed by atoms with Crippen LogP contribution in [0.5, 0.6) is 0 Å². The third-order valence-electron chi connectivity index (χ3n) is 2.29. The average Bonchev–Trinajstić information content (AvgIpc) is 2.33. The van der Waals surface area contributed by atoms with E-state index in [4.69, 9.17) is 27.9 Å². The molecule has 0 radical (unpaired) electrons. The highest BCUT2D eigenvalue weighted by molar-refractivity contribution is 7.86. The van der Waals surface area contributed by atoms with Crippen LogP contribution in [0.3, 0.4) is 0 Å². The van der Waals surface area contributed by atoms with E-state index in [9.17, 15) is 9.00 Å². The minimum absolute atomic E-state index is 0.260. The van der Waals surface area contributed by atoms with Crippen molar-refractivity contribution in [1.29, 1.82) is 0 Å². The van der Waals surface area contributed by atoms with Crippen molar-refractivity contribution in [2.24, 2.45) is 0 Å². The zero-order valence-corrected chi connectivity index (χ0v) is 12.4. The van der Waals surface area contributed by atoms with E-state index in [2.05, 4.69) is 0 Å². The van der Waals surface area contributed by atoms with Gasteiger partial charge in [-0.25, -0.2) is 0 Å². The van der Waals surface area contributed by atoms with Crippen LogP contribution in [0.15, 0.2) is 23.1 Å². The number of esters is 1. The van der Waals surface area contributed by atoms with Crippen LogP contribution < -0.4 is 0 Å². The molecule has 0 aromatic heterocycles. The molecule has 0 saturated carbocycles. The summed E-state index contributed by atoms with van der Waals surface area (Å²) in [5.41, 5.74) is 0. The zero-order valence-electron chi connectivity index (χ0n) is 10.1. The summed E-state index contributed by atoms with van der Waals surface area (Å²) in [4.78, 5) is 12.1. The molecule has 0 aliphatic rings. The Balaban J connectivity index is 3.03. The maximum absolute atomic E-state index is 12.3. The van der Waals surface area contributed by atoms with Crippen LogP contribution in [0.25, 0.3) is 0 Å². The van der Waals surface area contributed by atoms with Gasteiger partial charge in [0.2, 0.25) is 0 Å². The van der Waals surface area contributed by atoms with Gasteiger partial charge in [0.05, 0.1) is 27.3 Å². The lowest BCUT2D eigenvalue weighted by Gasteiger charge is -2.14. The minimum atomic E-state index is -1.57. The second kappa shape index (κ2) is 7.12. The highest BCUT2D eigenvalue weighted by Gasteiger charge is 2.27. The lowest BCUT2D eigenvalue weighted by molar-refractivity contribution is -0.142. The van der Waals surface area contributed by atoms with Crippen molar-refractivity contribution in [3.8, 4) is 0 Å². The van der Waals surface area contributed by atoms with E-state index < -0.39 is 22.0 Å². The molecule has 0 aliphatic heterocycles. The molecule has 1 aromatic rings. The Bertz CT molecular complexity index is 463. The molecule has 0 fully saturated rings. The maximum atomic E-state index is 12.3. The van der Waals surface area contributed by atoms with Crippen LogP contribution in [-0.4, -0.2) is 22.0 Å². The zero-order chi connectivity index (χ0) is 13.7. The number of halogens is 2. The predicted octanol–water partition coefficient (Wildman–Crippen LogP) is 3.44. The molecule has 0 heterocycles. The van der Waals surface area contributed by atoms with E-state index in [1.807, 2.05) is 0 Å². The first-order valence-electron chi connectivity index (χ1n) is 5.53. The monoisotopic (exact) mass is 308 g/mol. The summed E-state index contributed by atoms with van der Waals surface area (Å²) in [6.07, 6.45) is 0.411. The molecular formula is C12H14Cl2O3S. The fraction of sp³-hybridized carbons (Fsp3) is 0.417. The molecule has 0 saturated heterocycles. The van der Waals surface area contributed by atoms with Crippen LogP contribution in [0, 0.1) is 0 Å². The van der Waals surface area contributed by atoms with Gasteiger partial charge in [-0.05, 0) is 31.5 Å². The summed E-state index contributed by atoms with van der Waals surface area (Å²) in [6, 6.07) is 4.69. The van der Waals surface area contributed by atoms with Gasteiger partial charge in [0.1, 0.15) is 5.25 Å². The molecule has 0 amide bonds. The van der Waals surface area contributed by atoms with Gasteiger partial charge in [0, 0.05) is 5.02 Å². The van der Waals surface area contributed by atoms with Gasteiger partial charge in [0.15, 0.2) is 0 Å². The van der Waals surface area contributed by atoms with E-state index >= 15 is 0 Å². The number of carbonyl (C=O) groups is 1. The Kier molecular flexibility index (Phi) is 6.12. The van der Waals surface area contributed by atoms with Crippen LogP contribution in [0.2, 0.25) is 10.0 Å². The molecule has 0 N–H and O–H groups in total. The molecule has 2 atom stereocenters. The van der Waals surface area contributed by atoms with Crippen LogP contribution in [0.4, 0.5) is 0 Å². The van der Waals surface area contributed by atoms with Crippen molar-refractivity contribution in [1.82, 2.24) is 0 Å². The van der Waals surface area contributed by atoms with Crippen molar-refractivity contribution in [2.45, 2.75) is 30.4 Å². The second-order valence-corrected chi connectivity index (χ2v) is 5.97. The molecule has 0 aliphatic carbocycles. The van der Waals surface area contributed by atoms with Crippen molar-refractivity contribution in [2.75, 3.05) is 6.61 Å². The van der Waals surface area contributed by atoms with Gasteiger partial charge in [-0.2, -0.15) is 0 Å². The molecular weight excluding hydrogens is 295 g/mol. The van der Waals surface area contributed by atoms with E-state index in [1.54, 1.807) is 26.0 Å². The minimum Gasteiger partial charge on any atom is -0.465 e. The Morgan fingerprint density at radius 3 is 2.61 bits per heavy atom. The summed E-state index contributed by atoms with van der Waals surface area (Å²) >= 11 is 11.8. The number of rotatable bonds is 5. The number of hydrogen-bond donors (Lipinski definition) is 0. The molecule has 0 bridgehead atoms. The number of benzene rings is 1. The topological polar surface area (TPSA) is 43.4 Å². The molecule has 3 nitrogen and oxygen atoms in total. The SMILES string of the molecule is CCOC(=O)C(CC)S(=O)c1cc(Cl)ccc1Cl. The van der Waals surface area contributed by atoms with E-state index in [1.165, 1.54) is 6.07 Å². The van der Waals surface area contributed by atoms with Crippen LogP contribution in [-0.2, 0) is 20.3 Å². The Labute approximate surface area is 119 Å². The summed E-state index contributed by atoms with van der Waals surface area (Å²) in [5, 5.41) is 0.0443. The predicted molar refractivity (Wildman–Crippen MR) is 73.6 cm³/mol. The Hall–Kier alpha value is -0.580. The lowest BCUT2D eigenvalue weighted by atomic mass is 10.3. The summed E-state index contributed by atoms with van der Waals surface area (Å²) in [6.45, 7) is 3.74. The van der Waals surface area contributed by atoms with Gasteiger partial charge in [-0.1, -0.05) is 30.1 Å². The largest absolute Gasteiger partial charge is 0.465 e. The first-order chi connectivity index (χ1) is 8.51. The van der Waals surface area contributed by atoms with Gasteiger partial charge >= 0.3 is 5.97 Å². The molecule has 0 spiro atoms. The third kappa shape index (κ3) is 3.70. The third-order valence-corrected chi connectivity index (χ3v) is 4.78. The molecule has 100 valence electrons. The van der Waals surface area contributed by atoms with Gasteiger partial charge in [-0.3, -0.25) is 9.00 Å². The Morgan fingerprint density at radius 1 is 1.39 bits per heavy atom. The van der Waals surface area contributed by atoms with Gasteiger partial charge < -0.3 is 4.74 Å². The van der Waals surface area contributed by atoms with Crippen molar-refractivity contribution < 1.29 is 13.7 Å². The first-order valence-corrected chi connectivity index (χ1v) is 7.50.